The van der Waals surface area contributed by atoms with Crippen molar-refractivity contribution in [3.8, 4) is 0 Å². The second-order valence-corrected chi connectivity index (χ2v) is 5.66. The third-order valence-electron chi connectivity index (χ3n) is 3.91. The number of amides is 1. The first kappa shape index (κ1) is 14.9. The van der Waals surface area contributed by atoms with E-state index in [0.717, 1.165) is 30.5 Å². The minimum absolute atomic E-state index is 0.0177. The molecule has 1 fully saturated rings. The van der Waals surface area contributed by atoms with Crippen molar-refractivity contribution in [1.29, 1.82) is 0 Å². The van der Waals surface area contributed by atoms with E-state index in [1.165, 1.54) is 6.42 Å². The Bertz CT molecular complexity index is 473. The lowest BCUT2D eigenvalue weighted by atomic mass is 9.91. The van der Waals surface area contributed by atoms with Gasteiger partial charge >= 0.3 is 0 Å². The molecule has 1 aromatic carbocycles. The van der Waals surface area contributed by atoms with Crippen molar-refractivity contribution < 1.29 is 4.79 Å². The summed E-state index contributed by atoms with van der Waals surface area (Å²) in [7, 11) is 0. The number of aryl methyl sites for hydroxylation is 1. The molecule has 20 heavy (non-hydrogen) atoms. The van der Waals surface area contributed by atoms with Gasteiger partial charge in [0.25, 0.3) is 5.91 Å². The van der Waals surface area contributed by atoms with Crippen LogP contribution in [0.25, 0.3) is 0 Å². The number of anilines is 1. The molecule has 0 bridgehead atoms. The molecule has 4 nitrogen and oxygen atoms in total. The predicted molar refractivity (Wildman–Crippen MR) is 83.0 cm³/mol. The highest BCUT2D eigenvalue weighted by atomic mass is 16.1. The summed E-state index contributed by atoms with van der Waals surface area (Å²) in [5.41, 5.74) is 8.95. The lowest BCUT2D eigenvalue weighted by Crippen LogP contribution is -2.35. The monoisotopic (exact) mass is 275 g/mol. The van der Waals surface area contributed by atoms with E-state index in [9.17, 15) is 4.79 Å². The molecule has 4 heteroatoms. The Morgan fingerprint density at radius 3 is 2.90 bits per heavy atom. The third kappa shape index (κ3) is 3.73. The van der Waals surface area contributed by atoms with Crippen molar-refractivity contribution in [2.45, 2.75) is 51.6 Å². The van der Waals surface area contributed by atoms with Crippen LogP contribution < -0.4 is 16.4 Å². The van der Waals surface area contributed by atoms with Gasteiger partial charge in [0.15, 0.2) is 0 Å². The SMILES string of the molecule is CCNC(=O)c1ccc(C)c(NC2CCCC(N)C2)c1. The molecule has 1 amide bonds. The summed E-state index contributed by atoms with van der Waals surface area (Å²) < 4.78 is 0. The number of nitrogens with two attached hydrogens (primary N) is 1. The summed E-state index contributed by atoms with van der Waals surface area (Å²) in [5.74, 6) is -0.0177. The fourth-order valence-corrected chi connectivity index (χ4v) is 2.76. The van der Waals surface area contributed by atoms with Crippen LogP contribution in [0.4, 0.5) is 5.69 Å². The summed E-state index contributed by atoms with van der Waals surface area (Å²) in [5, 5.41) is 6.39. The van der Waals surface area contributed by atoms with E-state index in [-0.39, 0.29) is 5.91 Å². The number of benzene rings is 1. The topological polar surface area (TPSA) is 67.2 Å². The number of hydrogen-bond donors (Lipinski definition) is 3. The molecule has 4 N–H and O–H groups in total. The van der Waals surface area contributed by atoms with Gasteiger partial charge in [0, 0.05) is 29.9 Å². The Balaban J connectivity index is 2.10. The highest BCUT2D eigenvalue weighted by Gasteiger charge is 2.19. The first-order chi connectivity index (χ1) is 9.60. The highest BCUT2D eigenvalue weighted by Crippen LogP contribution is 2.24. The molecule has 1 saturated carbocycles. The van der Waals surface area contributed by atoms with Crippen molar-refractivity contribution in [2.75, 3.05) is 11.9 Å². The van der Waals surface area contributed by atoms with Gasteiger partial charge in [0.05, 0.1) is 0 Å². The van der Waals surface area contributed by atoms with Gasteiger partial charge in [-0.2, -0.15) is 0 Å². The molecule has 2 atom stereocenters. The van der Waals surface area contributed by atoms with E-state index in [1.807, 2.05) is 25.1 Å². The van der Waals surface area contributed by atoms with Crippen LogP contribution in [0.1, 0.15) is 48.5 Å². The zero-order valence-electron chi connectivity index (χ0n) is 12.4. The second kappa shape index (κ2) is 6.75. The average molecular weight is 275 g/mol. The summed E-state index contributed by atoms with van der Waals surface area (Å²) in [6.45, 7) is 4.63. The molecule has 1 aromatic rings. The van der Waals surface area contributed by atoms with Gasteiger partial charge in [-0.15, -0.1) is 0 Å². The molecular weight excluding hydrogens is 250 g/mol. The first-order valence-corrected chi connectivity index (χ1v) is 7.51. The Kier molecular flexibility index (Phi) is 5.01. The molecule has 0 radical (unpaired) electrons. The van der Waals surface area contributed by atoms with Crippen molar-refractivity contribution >= 4 is 11.6 Å². The summed E-state index contributed by atoms with van der Waals surface area (Å²) in [4.78, 5) is 11.9. The summed E-state index contributed by atoms with van der Waals surface area (Å²) in [6, 6.07) is 6.53. The Labute approximate surface area is 121 Å². The molecule has 0 aromatic heterocycles. The summed E-state index contributed by atoms with van der Waals surface area (Å²) in [6.07, 6.45) is 4.45. The normalized spacial score (nSPS) is 22.4. The maximum atomic E-state index is 11.9. The molecule has 0 heterocycles. The van der Waals surface area contributed by atoms with Gasteiger partial charge in [0.2, 0.25) is 0 Å². The predicted octanol–water partition coefficient (Wildman–Crippen LogP) is 2.43. The second-order valence-electron chi connectivity index (χ2n) is 5.66. The van der Waals surface area contributed by atoms with E-state index in [0.29, 0.717) is 24.2 Å². The quantitative estimate of drug-likeness (QED) is 0.790. The standard InChI is InChI=1S/C16H25N3O/c1-3-18-16(20)12-8-7-11(2)15(9-12)19-14-6-4-5-13(17)10-14/h7-9,13-14,19H,3-6,10,17H2,1-2H3,(H,18,20). The molecule has 0 saturated heterocycles. The van der Waals surface area contributed by atoms with Crippen LogP contribution in [-0.4, -0.2) is 24.5 Å². The van der Waals surface area contributed by atoms with Gasteiger partial charge in [-0.25, -0.2) is 0 Å². The van der Waals surface area contributed by atoms with Gasteiger partial charge in [-0.05, 0) is 57.2 Å². The van der Waals surface area contributed by atoms with Crippen LogP contribution in [-0.2, 0) is 0 Å². The van der Waals surface area contributed by atoms with Crippen LogP contribution in [0.15, 0.2) is 18.2 Å². The Hall–Kier alpha value is -1.55. The van der Waals surface area contributed by atoms with E-state index < -0.39 is 0 Å². The summed E-state index contributed by atoms with van der Waals surface area (Å²) >= 11 is 0. The van der Waals surface area contributed by atoms with Crippen molar-refractivity contribution in [1.82, 2.24) is 5.32 Å². The molecule has 1 aliphatic carbocycles. The fourth-order valence-electron chi connectivity index (χ4n) is 2.76. The zero-order valence-corrected chi connectivity index (χ0v) is 12.4. The number of hydrogen-bond acceptors (Lipinski definition) is 3. The zero-order chi connectivity index (χ0) is 14.5. The Morgan fingerprint density at radius 1 is 1.40 bits per heavy atom. The maximum Gasteiger partial charge on any atom is 0.251 e. The van der Waals surface area contributed by atoms with E-state index in [4.69, 9.17) is 5.73 Å². The van der Waals surface area contributed by atoms with Crippen LogP contribution >= 0.6 is 0 Å². The van der Waals surface area contributed by atoms with Gasteiger partial charge in [0.1, 0.15) is 0 Å². The minimum atomic E-state index is -0.0177. The third-order valence-corrected chi connectivity index (χ3v) is 3.91. The average Bonchev–Trinajstić information content (AvgIpc) is 2.41. The smallest absolute Gasteiger partial charge is 0.251 e. The molecule has 2 unspecified atom stereocenters. The number of carbonyl (C=O) groups is 1. The lowest BCUT2D eigenvalue weighted by Gasteiger charge is -2.29. The van der Waals surface area contributed by atoms with E-state index in [2.05, 4.69) is 17.6 Å². The van der Waals surface area contributed by atoms with Gasteiger partial charge in [-0.1, -0.05) is 6.07 Å². The molecule has 110 valence electrons. The van der Waals surface area contributed by atoms with Crippen molar-refractivity contribution in [3.63, 3.8) is 0 Å². The van der Waals surface area contributed by atoms with Crippen LogP contribution in [0.5, 0.6) is 0 Å². The van der Waals surface area contributed by atoms with Crippen molar-refractivity contribution in [3.05, 3.63) is 29.3 Å². The molecule has 0 spiro atoms. The number of carbonyl (C=O) groups excluding carboxylic acids is 1. The largest absolute Gasteiger partial charge is 0.382 e. The van der Waals surface area contributed by atoms with E-state index >= 15 is 0 Å². The lowest BCUT2D eigenvalue weighted by molar-refractivity contribution is 0.0956. The van der Waals surface area contributed by atoms with Crippen LogP contribution in [0.2, 0.25) is 0 Å². The number of nitrogens with one attached hydrogen (secondary N) is 2. The van der Waals surface area contributed by atoms with E-state index in [1.54, 1.807) is 0 Å². The van der Waals surface area contributed by atoms with Crippen molar-refractivity contribution in [2.24, 2.45) is 5.73 Å². The van der Waals surface area contributed by atoms with Crippen LogP contribution in [0.3, 0.4) is 0 Å². The maximum absolute atomic E-state index is 11.9. The first-order valence-electron chi connectivity index (χ1n) is 7.51. The highest BCUT2D eigenvalue weighted by molar-refractivity contribution is 5.95. The van der Waals surface area contributed by atoms with Crippen LogP contribution in [0, 0.1) is 6.92 Å². The Morgan fingerprint density at radius 2 is 2.20 bits per heavy atom. The number of rotatable bonds is 4. The molecule has 1 aliphatic rings. The molecule has 0 aliphatic heterocycles. The molecular formula is C16H25N3O. The van der Waals surface area contributed by atoms with Gasteiger partial charge in [-0.3, -0.25) is 4.79 Å². The minimum Gasteiger partial charge on any atom is -0.382 e. The van der Waals surface area contributed by atoms with Gasteiger partial charge < -0.3 is 16.4 Å². The fraction of sp³-hybridized carbons (Fsp3) is 0.562. The molecule has 2 rings (SSSR count).